The quantitative estimate of drug-likeness (QED) is 0.709. The maximum Gasteiger partial charge on any atom is 0.266 e. The SMILES string of the molecule is CCn1cnc2sc(C(=O)Nc3ccc(N4CCC(C)CC4)nc3)c(C)c2c1=O. The fraction of sp³-hybridized carbons (Fsp3) is 0.429. The van der Waals surface area contributed by atoms with Gasteiger partial charge in [0.2, 0.25) is 0 Å². The third-order valence-corrected chi connectivity index (χ3v) is 6.78. The maximum atomic E-state index is 12.8. The zero-order valence-electron chi connectivity index (χ0n) is 16.9. The normalized spacial score (nSPS) is 15.1. The molecule has 0 atom stereocenters. The predicted octanol–water partition coefficient (Wildman–Crippen LogP) is 3.67. The van der Waals surface area contributed by atoms with Gasteiger partial charge >= 0.3 is 0 Å². The molecule has 1 N–H and O–H groups in total. The molecule has 0 aromatic carbocycles. The molecule has 7 nitrogen and oxygen atoms in total. The number of pyridine rings is 1. The van der Waals surface area contributed by atoms with Crippen LogP contribution in [0, 0.1) is 12.8 Å². The molecule has 4 heterocycles. The zero-order chi connectivity index (χ0) is 20.5. The minimum Gasteiger partial charge on any atom is -0.357 e. The summed E-state index contributed by atoms with van der Waals surface area (Å²) in [5.74, 6) is 1.47. The molecule has 0 aliphatic carbocycles. The summed E-state index contributed by atoms with van der Waals surface area (Å²) in [7, 11) is 0. The number of rotatable bonds is 4. The van der Waals surface area contributed by atoms with Crippen molar-refractivity contribution in [1.29, 1.82) is 0 Å². The van der Waals surface area contributed by atoms with E-state index in [9.17, 15) is 9.59 Å². The van der Waals surface area contributed by atoms with Gasteiger partial charge in [0.15, 0.2) is 0 Å². The lowest BCUT2D eigenvalue weighted by molar-refractivity contribution is 0.103. The molecule has 1 aliphatic heterocycles. The molecule has 0 saturated carbocycles. The lowest BCUT2D eigenvalue weighted by atomic mass is 9.99. The van der Waals surface area contributed by atoms with Crippen molar-refractivity contribution in [2.24, 2.45) is 5.92 Å². The molecule has 0 bridgehead atoms. The highest BCUT2D eigenvalue weighted by molar-refractivity contribution is 7.20. The summed E-state index contributed by atoms with van der Waals surface area (Å²) < 4.78 is 1.55. The summed E-state index contributed by atoms with van der Waals surface area (Å²) in [4.78, 5) is 37.6. The predicted molar refractivity (Wildman–Crippen MR) is 117 cm³/mol. The summed E-state index contributed by atoms with van der Waals surface area (Å²) in [6.07, 6.45) is 5.58. The van der Waals surface area contributed by atoms with Crippen LogP contribution in [0.3, 0.4) is 0 Å². The Bertz CT molecular complexity index is 1090. The minimum absolute atomic E-state index is 0.104. The van der Waals surface area contributed by atoms with Gasteiger partial charge in [-0.2, -0.15) is 0 Å². The number of fused-ring (bicyclic) bond motifs is 1. The number of anilines is 2. The summed E-state index contributed by atoms with van der Waals surface area (Å²) in [6, 6.07) is 3.83. The van der Waals surface area contributed by atoms with Crippen molar-refractivity contribution in [2.45, 2.75) is 40.2 Å². The van der Waals surface area contributed by atoms with Crippen LogP contribution in [0.1, 0.15) is 41.9 Å². The van der Waals surface area contributed by atoms with Crippen molar-refractivity contribution in [3.63, 3.8) is 0 Å². The van der Waals surface area contributed by atoms with Crippen molar-refractivity contribution in [3.8, 4) is 0 Å². The highest BCUT2D eigenvalue weighted by Crippen LogP contribution is 2.28. The number of carbonyl (C=O) groups is 1. The van der Waals surface area contributed by atoms with E-state index in [-0.39, 0.29) is 11.5 Å². The van der Waals surface area contributed by atoms with E-state index in [0.29, 0.717) is 32.9 Å². The first-order chi connectivity index (χ1) is 14.0. The van der Waals surface area contributed by atoms with Crippen LogP contribution in [0.5, 0.6) is 0 Å². The number of nitrogens with one attached hydrogen (secondary N) is 1. The lowest BCUT2D eigenvalue weighted by Gasteiger charge is -2.31. The van der Waals surface area contributed by atoms with Gasteiger partial charge in [0.05, 0.1) is 28.5 Å². The van der Waals surface area contributed by atoms with Gasteiger partial charge in [-0.25, -0.2) is 9.97 Å². The molecular formula is C21H25N5O2S. The number of hydrogen-bond acceptors (Lipinski definition) is 6. The van der Waals surface area contributed by atoms with E-state index in [4.69, 9.17) is 0 Å². The Morgan fingerprint density at radius 1 is 1.28 bits per heavy atom. The van der Waals surface area contributed by atoms with E-state index in [1.807, 2.05) is 19.1 Å². The Labute approximate surface area is 173 Å². The van der Waals surface area contributed by atoms with Crippen LogP contribution in [-0.4, -0.2) is 33.5 Å². The van der Waals surface area contributed by atoms with E-state index in [1.54, 1.807) is 17.7 Å². The van der Waals surface area contributed by atoms with Gasteiger partial charge in [-0.3, -0.25) is 14.2 Å². The summed E-state index contributed by atoms with van der Waals surface area (Å²) >= 11 is 1.25. The molecule has 29 heavy (non-hydrogen) atoms. The molecule has 1 saturated heterocycles. The summed E-state index contributed by atoms with van der Waals surface area (Å²) in [6.45, 7) is 8.56. The van der Waals surface area contributed by atoms with Gasteiger partial charge in [0, 0.05) is 19.6 Å². The number of thiophene rings is 1. The number of amides is 1. The molecule has 1 amide bonds. The Morgan fingerprint density at radius 3 is 2.69 bits per heavy atom. The average Bonchev–Trinajstić information content (AvgIpc) is 3.07. The van der Waals surface area contributed by atoms with Crippen LogP contribution in [0.2, 0.25) is 0 Å². The third kappa shape index (κ3) is 3.76. The van der Waals surface area contributed by atoms with Crippen LogP contribution < -0.4 is 15.8 Å². The smallest absolute Gasteiger partial charge is 0.266 e. The molecule has 0 spiro atoms. The molecule has 4 rings (SSSR count). The van der Waals surface area contributed by atoms with Crippen molar-refractivity contribution in [3.05, 3.63) is 45.5 Å². The first-order valence-electron chi connectivity index (χ1n) is 9.98. The lowest BCUT2D eigenvalue weighted by Crippen LogP contribution is -2.33. The van der Waals surface area contributed by atoms with Gasteiger partial charge in [-0.05, 0) is 50.3 Å². The highest BCUT2D eigenvalue weighted by Gasteiger charge is 2.20. The van der Waals surface area contributed by atoms with Gasteiger partial charge in [-0.15, -0.1) is 11.3 Å². The average molecular weight is 412 g/mol. The van der Waals surface area contributed by atoms with Crippen LogP contribution in [0.4, 0.5) is 11.5 Å². The molecule has 3 aromatic rings. The Balaban J connectivity index is 1.53. The second kappa shape index (κ2) is 7.94. The Kier molecular flexibility index (Phi) is 5.36. The number of piperidine rings is 1. The Hall–Kier alpha value is -2.74. The monoisotopic (exact) mass is 411 g/mol. The molecule has 0 unspecified atom stereocenters. The number of aromatic nitrogens is 3. The minimum atomic E-state index is -0.241. The molecule has 3 aromatic heterocycles. The summed E-state index contributed by atoms with van der Waals surface area (Å²) in [5.41, 5.74) is 1.21. The molecule has 152 valence electrons. The van der Waals surface area contributed by atoms with Crippen molar-refractivity contribution in [1.82, 2.24) is 14.5 Å². The third-order valence-electron chi connectivity index (χ3n) is 5.58. The molecular weight excluding hydrogens is 386 g/mol. The topological polar surface area (TPSA) is 80.1 Å². The fourth-order valence-electron chi connectivity index (χ4n) is 3.67. The van der Waals surface area contributed by atoms with Crippen molar-refractivity contribution < 1.29 is 4.79 Å². The fourth-order valence-corrected chi connectivity index (χ4v) is 4.71. The van der Waals surface area contributed by atoms with Crippen molar-refractivity contribution in [2.75, 3.05) is 23.3 Å². The van der Waals surface area contributed by atoms with Crippen LogP contribution in [0.25, 0.3) is 10.2 Å². The second-order valence-electron chi connectivity index (χ2n) is 7.60. The number of carbonyl (C=O) groups excluding carboxylic acids is 1. The van der Waals surface area contributed by atoms with Gasteiger partial charge in [0.1, 0.15) is 10.6 Å². The number of nitrogens with zero attached hydrogens (tertiary/aromatic N) is 4. The van der Waals surface area contributed by atoms with E-state index in [1.165, 1.54) is 30.5 Å². The molecule has 1 fully saturated rings. The van der Waals surface area contributed by atoms with Crippen LogP contribution >= 0.6 is 11.3 Å². The van der Waals surface area contributed by atoms with E-state index >= 15 is 0 Å². The number of aryl methyl sites for hydroxylation is 2. The molecule has 8 heteroatoms. The van der Waals surface area contributed by atoms with E-state index in [0.717, 1.165) is 24.8 Å². The van der Waals surface area contributed by atoms with Gasteiger partial charge < -0.3 is 10.2 Å². The highest BCUT2D eigenvalue weighted by atomic mass is 32.1. The zero-order valence-corrected chi connectivity index (χ0v) is 17.8. The Morgan fingerprint density at radius 2 is 2.03 bits per heavy atom. The summed E-state index contributed by atoms with van der Waals surface area (Å²) in [5, 5.41) is 3.42. The molecule has 0 radical (unpaired) electrons. The largest absolute Gasteiger partial charge is 0.357 e. The maximum absolute atomic E-state index is 12.8. The first-order valence-corrected chi connectivity index (χ1v) is 10.8. The van der Waals surface area contributed by atoms with Gasteiger partial charge in [0.25, 0.3) is 11.5 Å². The number of hydrogen-bond donors (Lipinski definition) is 1. The first kappa shape index (κ1) is 19.6. The standard InChI is InChI=1S/C21H25N5O2S/c1-4-25-12-23-20-17(21(25)28)14(3)18(29-20)19(27)24-15-5-6-16(22-11-15)26-9-7-13(2)8-10-26/h5-6,11-13H,4,7-10H2,1-3H3,(H,24,27). The van der Waals surface area contributed by atoms with Crippen molar-refractivity contribution >= 4 is 39.0 Å². The van der Waals surface area contributed by atoms with Crippen LogP contribution in [0.15, 0.2) is 29.5 Å². The van der Waals surface area contributed by atoms with Crippen LogP contribution in [-0.2, 0) is 6.54 Å². The van der Waals surface area contributed by atoms with E-state index in [2.05, 4.69) is 27.1 Å². The van der Waals surface area contributed by atoms with Gasteiger partial charge in [-0.1, -0.05) is 6.92 Å². The molecule has 1 aliphatic rings. The van der Waals surface area contributed by atoms with E-state index < -0.39 is 0 Å². The second-order valence-corrected chi connectivity index (χ2v) is 8.60.